The Morgan fingerprint density at radius 3 is 2.67 bits per heavy atom. The van der Waals surface area contributed by atoms with E-state index >= 15 is 0 Å². The van der Waals surface area contributed by atoms with Crippen molar-refractivity contribution >= 4 is 15.9 Å². The zero-order chi connectivity index (χ0) is 19.4. The van der Waals surface area contributed by atoms with Crippen LogP contribution in [-0.4, -0.2) is 51.1 Å². The monoisotopic (exact) mass is 396 g/mol. The standard InChI is InChI=1S/C18H24N2O6S/c1-4-11-15-16(26-18(2,3)25-15)13(24-11)8-23-12-7-5-6-10-9-27(21,22)20-17(19)14(10)12/h5-7,11,13,15-16H,4,8-9H2,1-3H3,(H2,19,20)/t11-,13+,15-,16+/m0/s1. The summed E-state index contributed by atoms with van der Waals surface area (Å²) in [4.78, 5) is 0. The van der Waals surface area contributed by atoms with Gasteiger partial charge in [0.1, 0.15) is 36.5 Å². The fourth-order valence-corrected chi connectivity index (χ4v) is 5.03. The third-order valence-electron chi connectivity index (χ3n) is 5.00. The second kappa shape index (κ2) is 6.44. The average molecular weight is 396 g/mol. The number of amidine groups is 1. The highest BCUT2D eigenvalue weighted by molar-refractivity contribution is 7.89. The van der Waals surface area contributed by atoms with Crippen LogP contribution >= 0.6 is 0 Å². The summed E-state index contributed by atoms with van der Waals surface area (Å²) in [7, 11) is -3.58. The Bertz CT molecular complexity index is 882. The molecule has 1 aromatic carbocycles. The summed E-state index contributed by atoms with van der Waals surface area (Å²) < 4.78 is 51.2. The quantitative estimate of drug-likeness (QED) is 0.817. The van der Waals surface area contributed by atoms with Crippen molar-refractivity contribution in [1.82, 2.24) is 0 Å². The number of sulfonamides is 1. The van der Waals surface area contributed by atoms with E-state index in [4.69, 9.17) is 24.7 Å². The van der Waals surface area contributed by atoms with E-state index in [1.54, 1.807) is 18.2 Å². The minimum atomic E-state index is -3.58. The molecule has 0 bridgehead atoms. The predicted octanol–water partition coefficient (Wildman–Crippen LogP) is 1.31. The fraction of sp³-hybridized carbons (Fsp3) is 0.611. The highest BCUT2D eigenvalue weighted by atomic mass is 32.2. The van der Waals surface area contributed by atoms with Gasteiger partial charge >= 0.3 is 0 Å². The number of fused-ring (bicyclic) bond motifs is 2. The summed E-state index contributed by atoms with van der Waals surface area (Å²) in [6, 6.07) is 5.21. The smallest absolute Gasteiger partial charge is 0.259 e. The lowest BCUT2D eigenvalue weighted by atomic mass is 10.1. The van der Waals surface area contributed by atoms with Crippen LogP contribution in [0.1, 0.15) is 38.3 Å². The minimum Gasteiger partial charge on any atom is -0.490 e. The molecule has 3 aliphatic heterocycles. The van der Waals surface area contributed by atoms with Gasteiger partial charge < -0.3 is 24.7 Å². The van der Waals surface area contributed by atoms with Gasteiger partial charge in [0.25, 0.3) is 10.0 Å². The Labute approximate surface area is 158 Å². The van der Waals surface area contributed by atoms with E-state index in [0.29, 0.717) is 16.9 Å². The van der Waals surface area contributed by atoms with E-state index in [9.17, 15) is 8.42 Å². The van der Waals surface area contributed by atoms with E-state index in [2.05, 4.69) is 4.40 Å². The highest BCUT2D eigenvalue weighted by Crippen LogP contribution is 2.40. The van der Waals surface area contributed by atoms with Crippen LogP contribution in [0.25, 0.3) is 0 Å². The first-order valence-electron chi connectivity index (χ1n) is 9.03. The van der Waals surface area contributed by atoms with Crippen LogP contribution in [0.15, 0.2) is 22.6 Å². The van der Waals surface area contributed by atoms with Gasteiger partial charge in [0, 0.05) is 0 Å². The van der Waals surface area contributed by atoms with Crippen molar-refractivity contribution in [3.8, 4) is 5.75 Å². The largest absolute Gasteiger partial charge is 0.490 e. The topological polar surface area (TPSA) is 109 Å². The SMILES string of the molecule is CC[C@@H]1O[C@H](COc2cccc3c2C(N)=NS(=O)(=O)C3)[C@H]2OC(C)(C)O[C@H]21. The summed E-state index contributed by atoms with van der Waals surface area (Å²) >= 11 is 0. The van der Waals surface area contributed by atoms with Crippen molar-refractivity contribution in [1.29, 1.82) is 0 Å². The normalized spacial score (nSPS) is 33.2. The van der Waals surface area contributed by atoms with Crippen LogP contribution < -0.4 is 10.5 Å². The van der Waals surface area contributed by atoms with Gasteiger partial charge in [-0.25, -0.2) is 8.42 Å². The van der Waals surface area contributed by atoms with E-state index in [1.807, 2.05) is 20.8 Å². The number of nitrogens with two attached hydrogens (primary N) is 1. The van der Waals surface area contributed by atoms with Crippen LogP contribution in [0, 0.1) is 0 Å². The molecule has 2 saturated heterocycles. The summed E-state index contributed by atoms with van der Waals surface area (Å²) in [5, 5.41) is 0. The fourth-order valence-electron chi connectivity index (χ4n) is 3.94. The van der Waals surface area contributed by atoms with Crippen LogP contribution in [0.4, 0.5) is 0 Å². The molecule has 4 atom stereocenters. The van der Waals surface area contributed by atoms with Crippen molar-refractivity contribution in [2.75, 3.05) is 6.61 Å². The van der Waals surface area contributed by atoms with Gasteiger partial charge in [0.2, 0.25) is 0 Å². The van der Waals surface area contributed by atoms with Crippen LogP contribution in [-0.2, 0) is 30.0 Å². The Hall–Kier alpha value is -1.68. The Morgan fingerprint density at radius 1 is 1.26 bits per heavy atom. The lowest BCUT2D eigenvalue weighted by Crippen LogP contribution is -2.34. The number of hydrogen-bond donors (Lipinski definition) is 1. The Kier molecular flexibility index (Phi) is 4.45. The van der Waals surface area contributed by atoms with Crippen LogP contribution in [0.2, 0.25) is 0 Å². The van der Waals surface area contributed by atoms with E-state index in [1.165, 1.54) is 0 Å². The molecule has 0 radical (unpaired) electrons. The Morgan fingerprint density at radius 2 is 1.96 bits per heavy atom. The molecule has 2 N–H and O–H groups in total. The second-order valence-corrected chi connectivity index (χ2v) is 9.13. The molecule has 0 aromatic heterocycles. The number of benzene rings is 1. The number of rotatable bonds is 4. The van der Waals surface area contributed by atoms with Crippen molar-refractivity contribution in [3.63, 3.8) is 0 Å². The number of ether oxygens (including phenoxy) is 4. The maximum atomic E-state index is 11.8. The van der Waals surface area contributed by atoms with Crippen LogP contribution in [0.5, 0.6) is 5.75 Å². The third kappa shape index (κ3) is 3.44. The van der Waals surface area contributed by atoms with Gasteiger partial charge in [0.15, 0.2) is 5.79 Å². The molecule has 0 spiro atoms. The number of nitrogens with zero attached hydrogens (tertiary/aromatic N) is 1. The van der Waals surface area contributed by atoms with Gasteiger partial charge in [-0.1, -0.05) is 19.1 Å². The minimum absolute atomic E-state index is 0.0492. The first kappa shape index (κ1) is 18.7. The van der Waals surface area contributed by atoms with Gasteiger partial charge in [-0.15, -0.1) is 4.40 Å². The molecule has 27 heavy (non-hydrogen) atoms. The lowest BCUT2D eigenvalue weighted by molar-refractivity contribution is -0.189. The summed E-state index contributed by atoms with van der Waals surface area (Å²) in [5.74, 6) is -0.400. The average Bonchev–Trinajstić information content (AvgIpc) is 3.04. The van der Waals surface area contributed by atoms with Crippen molar-refractivity contribution in [3.05, 3.63) is 29.3 Å². The van der Waals surface area contributed by atoms with Gasteiger partial charge in [-0.2, -0.15) is 0 Å². The molecule has 1 aromatic rings. The molecule has 8 nitrogen and oxygen atoms in total. The molecule has 0 aliphatic carbocycles. The third-order valence-corrected chi connectivity index (χ3v) is 6.15. The summed E-state index contributed by atoms with van der Waals surface area (Å²) in [6.07, 6.45) is 0.140. The second-order valence-electron chi connectivity index (χ2n) is 7.49. The molecular formula is C18H24N2O6S. The van der Waals surface area contributed by atoms with Crippen molar-refractivity contribution < 1.29 is 27.4 Å². The maximum Gasteiger partial charge on any atom is 0.259 e. The molecule has 148 valence electrons. The first-order chi connectivity index (χ1) is 12.7. The van der Waals surface area contributed by atoms with E-state index in [0.717, 1.165) is 6.42 Å². The zero-order valence-electron chi connectivity index (χ0n) is 15.5. The van der Waals surface area contributed by atoms with E-state index in [-0.39, 0.29) is 42.6 Å². The van der Waals surface area contributed by atoms with Gasteiger partial charge in [-0.3, -0.25) is 0 Å². The number of hydrogen-bond acceptors (Lipinski definition) is 7. The van der Waals surface area contributed by atoms with Crippen molar-refractivity contribution in [2.45, 2.75) is 63.1 Å². The first-order valence-corrected chi connectivity index (χ1v) is 10.6. The summed E-state index contributed by atoms with van der Waals surface area (Å²) in [5.41, 5.74) is 6.99. The van der Waals surface area contributed by atoms with E-state index < -0.39 is 15.8 Å². The van der Waals surface area contributed by atoms with Crippen molar-refractivity contribution in [2.24, 2.45) is 10.1 Å². The molecule has 4 rings (SSSR count). The lowest BCUT2D eigenvalue weighted by Gasteiger charge is -2.24. The molecule has 0 amide bonds. The Balaban J connectivity index is 1.54. The maximum absolute atomic E-state index is 11.8. The van der Waals surface area contributed by atoms with Gasteiger partial charge in [-0.05, 0) is 31.9 Å². The molecule has 3 heterocycles. The molecule has 3 aliphatic rings. The predicted molar refractivity (Wildman–Crippen MR) is 98.1 cm³/mol. The van der Waals surface area contributed by atoms with Crippen LogP contribution in [0.3, 0.4) is 0 Å². The summed E-state index contributed by atoms with van der Waals surface area (Å²) in [6.45, 7) is 6.07. The van der Waals surface area contributed by atoms with Gasteiger partial charge in [0.05, 0.1) is 17.4 Å². The molecule has 9 heteroatoms. The molecule has 2 fully saturated rings. The zero-order valence-corrected chi connectivity index (χ0v) is 16.4. The molecule has 0 saturated carbocycles. The molecular weight excluding hydrogens is 372 g/mol. The highest BCUT2D eigenvalue weighted by Gasteiger charge is 2.54. The molecule has 0 unspecified atom stereocenters.